The zero-order valence-corrected chi connectivity index (χ0v) is 11.1. The molecular weight excluding hydrogens is 248 g/mol. The Bertz CT molecular complexity index is 385. The highest BCUT2D eigenvalue weighted by Gasteiger charge is 2.16. The number of hydrogen-bond donors (Lipinski definition) is 1. The van der Waals surface area contributed by atoms with Gasteiger partial charge in [0.15, 0.2) is 0 Å². The molecule has 0 aromatic heterocycles. The molecule has 0 amide bonds. The van der Waals surface area contributed by atoms with Crippen LogP contribution in [0.1, 0.15) is 37.7 Å². The second kappa shape index (κ2) is 6.96. The fourth-order valence-corrected chi connectivity index (χ4v) is 2.57. The largest absolute Gasteiger partial charge is 0.378 e. The maximum atomic E-state index is 13.5. The quantitative estimate of drug-likeness (QED) is 0.860. The lowest BCUT2D eigenvalue weighted by Gasteiger charge is -2.14. The van der Waals surface area contributed by atoms with Crippen LogP contribution >= 0.6 is 0 Å². The lowest BCUT2D eigenvalue weighted by molar-refractivity contribution is 0.101. The molecule has 4 heteroatoms. The van der Waals surface area contributed by atoms with Gasteiger partial charge in [-0.2, -0.15) is 0 Å². The number of nitrogens with two attached hydrogens (primary N) is 1. The Morgan fingerprint density at radius 2 is 2.05 bits per heavy atom. The van der Waals surface area contributed by atoms with Gasteiger partial charge < -0.3 is 10.5 Å². The molecule has 2 N–H and O–H groups in total. The third-order valence-corrected chi connectivity index (χ3v) is 3.65. The van der Waals surface area contributed by atoms with Crippen LogP contribution in [-0.4, -0.2) is 18.8 Å². The van der Waals surface area contributed by atoms with Gasteiger partial charge in [0.1, 0.15) is 11.6 Å². The number of ether oxygens (including phenoxy) is 1. The van der Waals surface area contributed by atoms with Crippen LogP contribution in [0, 0.1) is 11.6 Å². The molecule has 0 bridgehead atoms. The average molecular weight is 269 g/mol. The number of benzene rings is 1. The number of rotatable bonds is 6. The van der Waals surface area contributed by atoms with E-state index in [0.717, 1.165) is 38.7 Å². The van der Waals surface area contributed by atoms with E-state index in [-0.39, 0.29) is 18.0 Å². The second-order valence-electron chi connectivity index (χ2n) is 5.23. The molecule has 2 rings (SSSR count). The Labute approximate surface area is 112 Å². The zero-order valence-electron chi connectivity index (χ0n) is 11.1. The predicted octanol–water partition coefficient (Wildman–Crippen LogP) is 3.18. The van der Waals surface area contributed by atoms with Crippen LogP contribution in [-0.2, 0) is 11.2 Å². The van der Waals surface area contributed by atoms with Gasteiger partial charge in [-0.1, -0.05) is 6.07 Å². The van der Waals surface area contributed by atoms with Gasteiger partial charge in [0.05, 0.1) is 6.10 Å². The predicted molar refractivity (Wildman–Crippen MR) is 70.9 cm³/mol. The minimum atomic E-state index is -0.505. The summed E-state index contributed by atoms with van der Waals surface area (Å²) >= 11 is 0. The van der Waals surface area contributed by atoms with Gasteiger partial charge in [0.2, 0.25) is 0 Å². The Morgan fingerprint density at radius 1 is 1.32 bits per heavy atom. The molecule has 0 aliphatic carbocycles. The van der Waals surface area contributed by atoms with Crippen molar-refractivity contribution in [1.82, 2.24) is 0 Å². The SMILES string of the molecule is NC(CCCC1CCCO1)Cc1c(F)cccc1F. The summed E-state index contributed by atoms with van der Waals surface area (Å²) in [5.41, 5.74) is 6.06. The van der Waals surface area contributed by atoms with Crippen LogP contribution in [0.15, 0.2) is 18.2 Å². The molecule has 1 fully saturated rings. The van der Waals surface area contributed by atoms with Crippen molar-refractivity contribution < 1.29 is 13.5 Å². The van der Waals surface area contributed by atoms with Crippen LogP contribution < -0.4 is 5.73 Å². The van der Waals surface area contributed by atoms with Gasteiger partial charge in [-0.05, 0) is 50.7 Å². The van der Waals surface area contributed by atoms with Gasteiger partial charge in [0.25, 0.3) is 0 Å². The Morgan fingerprint density at radius 3 is 2.68 bits per heavy atom. The fraction of sp³-hybridized carbons (Fsp3) is 0.600. The van der Waals surface area contributed by atoms with Gasteiger partial charge >= 0.3 is 0 Å². The molecule has 1 aliphatic rings. The Kier molecular flexibility index (Phi) is 5.28. The molecule has 0 spiro atoms. The lowest BCUT2D eigenvalue weighted by atomic mass is 9.99. The van der Waals surface area contributed by atoms with E-state index in [0.29, 0.717) is 6.10 Å². The first kappa shape index (κ1) is 14.4. The first-order valence-corrected chi connectivity index (χ1v) is 6.97. The van der Waals surface area contributed by atoms with E-state index < -0.39 is 11.6 Å². The van der Waals surface area contributed by atoms with Crippen molar-refractivity contribution in [2.24, 2.45) is 5.73 Å². The van der Waals surface area contributed by atoms with Crippen molar-refractivity contribution in [2.45, 2.75) is 50.7 Å². The maximum absolute atomic E-state index is 13.5. The topological polar surface area (TPSA) is 35.2 Å². The molecule has 2 nitrogen and oxygen atoms in total. The van der Waals surface area contributed by atoms with Crippen molar-refractivity contribution in [3.05, 3.63) is 35.4 Å². The number of halogens is 2. The van der Waals surface area contributed by atoms with Crippen LogP contribution in [0.3, 0.4) is 0 Å². The minimum Gasteiger partial charge on any atom is -0.378 e. The molecule has 106 valence electrons. The minimum absolute atomic E-state index is 0.104. The molecule has 1 aliphatic heterocycles. The third-order valence-electron chi connectivity index (χ3n) is 3.65. The van der Waals surface area contributed by atoms with Crippen LogP contribution in [0.5, 0.6) is 0 Å². The molecule has 1 aromatic carbocycles. The normalized spacial score (nSPS) is 20.7. The molecule has 2 unspecified atom stereocenters. The van der Waals surface area contributed by atoms with Crippen molar-refractivity contribution in [1.29, 1.82) is 0 Å². The molecule has 19 heavy (non-hydrogen) atoms. The molecule has 0 saturated carbocycles. The highest BCUT2D eigenvalue weighted by molar-refractivity contribution is 5.20. The Hall–Kier alpha value is -1.00. The fourth-order valence-electron chi connectivity index (χ4n) is 2.57. The summed E-state index contributed by atoms with van der Waals surface area (Å²) < 4.78 is 32.5. The van der Waals surface area contributed by atoms with E-state index in [1.165, 1.54) is 18.2 Å². The average Bonchev–Trinajstić information content (AvgIpc) is 2.87. The smallest absolute Gasteiger partial charge is 0.129 e. The summed E-state index contributed by atoms with van der Waals surface area (Å²) in [5, 5.41) is 0. The maximum Gasteiger partial charge on any atom is 0.129 e. The van der Waals surface area contributed by atoms with Gasteiger partial charge in [-0.15, -0.1) is 0 Å². The molecule has 1 heterocycles. The monoisotopic (exact) mass is 269 g/mol. The van der Waals surface area contributed by atoms with Crippen LogP contribution in [0.4, 0.5) is 8.78 Å². The summed E-state index contributed by atoms with van der Waals surface area (Å²) in [5.74, 6) is -1.01. The second-order valence-corrected chi connectivity index (χ2v) is 5.23. The highest BCUT2D eigenvalue weighted by atomic mass is 19.1. The molecule has 1 aromatic rings. The van der Waals surface area contributed by atoms with Crippen LogP contribution in [0.25, 0.3) is 0 Å². The van der Waals surface area contributed by atoms with E-state index in [2.05, 4.69) is 0 Å². The van der Waals surface area contributed by atoms with E-state index in [1.807, 2.05) is 0 Å². The van der Waals surface area contributed by atoms with Crippen molar-refractivity contribution >= 4 is 0 Å². The zero-order chi connectivity index (χ0) is 13.7. The summed E-state index contributed by atoms with van der Waals surface area (Å²) in [6, 6.07) is 3.72. The van der Waals surface area contributed by atoms with E-state index >= 15 is 0 Å². The van der Waals surface area contributed by atoms with Gasteiger partial charge in [0, 0.05) is 18.2 Å². The summed E-state index contributed by atoms with van der Waals surface area (Å²) in [6.07, 6.45) is 5.58. The van der Waals surface area contributed by atoms with E-state index in [1.54, 1.807) is 0 Å². The summed E-state index contributed by atoms with van der Waals surface area (Å²) in [4.78, 5) is 0. The third kappa shape index (κ3) is 4.25. The van der Waals surface area contributed by atoms with Crippen molar-refractivity contribution in [3.63, 3.8) is 0 Å². The highest BCUT2D eigenvalue weighted by Crippen LogP contribution is 2.19. The van der Waals surface area contributed by atoms with Crippen LogP contribution in [0.2, 0.25) is 0 Å². The van der Waals surface area contributed by atoms with E-state index in [4.69, 9.17) is 10.5 Å². The van der Waals surface area contributed by atoms with Crippen molar-refractivity contribution in [2.75, 3.05) is 6.61 Å². The van der Waals surface area contributed by atoms with E-state index in [9.17, 15) is 8.78 Å². The lowest BCUT2D eigenvalue weighted by Crippen LogP contribution is -2.24. The van der Waals surface area contributed by atoms with Crippen molar-refractivity contribution in [3.8, 4) is 0 Å². The molecule has 2 atom stereocenters. The number of hydrogen-bond acceptors (Lipinski definition) is 2. The molecule has 0 radical (unpaired) electrons. The molecular formula is C15H21F2NO. The Balaban J connectivity index is 1.75. The summed E-state index contributed by atoms with van der Waals surface area (Å²) in [6.45, 7) is 0.858. The first-order chi connectivity index (χ1) is 9.16. The molecule has 1 saturated heterocycles. The summed E-state index contributed by atoms with van der Waals surface area (Å²) in [7, 11) is 0. The standard InChI is InChI=1S/C15H21F2NO/c16-14-7-2-8-15(17)13(14)10-11(18)4-1-5-12-6-3-9-19-12/h2,7-8,11-12H,1,3-6,9-10,18H2. The van der Waals surface area contributed by atoms with Gasteiger partial charge in [-0.3, -0.25) is 0 Å². The van der Waals surface area contributed by atoms with Gasteiger partial charge in [-0.25, -0.2) is 8.78 Å². The first-order valence-electron chi connectivity index (χ1n) is 6.97.